The lowest BCUT2D eigenvalue weighted by atomic mass is 10.1. The van der Waals surface area contributed by atoms with Crippen LogP contribution >= 0.6 is 0 Å². The predicted octanol–water partition coefficient (Wildman–Crippen LogP) is 10.2. The molecule has 1 heterocycles. The van der Waals surface area contributed by atoms with Crippen LogP contribution in [0.25, 0.3) is 0 Å². The summed E-state index contributed by atoms with van der Waals surface area (Å²) in [4.78, 5) is 15.8. The van der Waals surface area contributed by atoms with E-state index >= 15 is 0 Å². The van der Waals surface area contributed by atoms with Gasteiger partial charge in [-0.3, -0.25) is 0 Å². The topological polar surface area (TPSA) is 64.5 Å². The van der Waals surface area contributed by atoms with Gasteiger partial charge in [0, 0.05) is 5.69 Å². The number of hydrogen-bond acceptors (Lipinski definition) is 4. The van der Waals surface area contributed by atoms with Crippen LogP contribution in [-0.4, -0.2) is 22.3 Å². The van der Waals surface area contributed by atoms with Crippen molar-refractivity contribution in [3.63, 3.8) is 0 Å². The summed E-state index contributed by atoms with van der Waals surface area (Å²) in [6.45, 7) is 17.1. The van der Waals surface area contributed by atoms with Gasteiger partial charge in [0.05, 0.1) is 0 Å². The van der Waals surface area contributed by atoms with E-state index in [4.69, 9.17) is 20.1 Å². The number of azo groups is 2. The van der Waals surface area contributed by atoms with Gasteiger partial charge in [-0.1, -0.05) is 110 Å². The van der Waals surface area contributed by atoms with Crippen LogP contribution in [-0.2, 0) is 25.7 Å². The molecule has 1 aliphatic rings. The van der Waals surface area contributed by atoms with Gasteiger partial charge >= 0.3 is 11.8 Å². The normalized spacial score (nSPS) is 15.7. The molecule has 4 aromatic rings. The molecule has 0 bridgehead atoms. The molecule has 0 spiro atoms. The van der Waals surface area contributed by atoms with Gasteiger partial charge in [-0.05, 0) is 97.9 Å². The SMILES string of the molecule is CCc1cccc(C)c1N=C1N=C(Nc2c(C)cccc2CC)C(=Nc2c(C)cccc2CC)[N+]1=Nc1c(C)cccc1CC. The second-order valence-electron chi connectivity index (χ2n) is 11.6. The lowest BCUT2D eigenvalue weighted by molar-refractivity contribution is -0.344. The Morgan fingerprint density at radius 1 is 0.556 bits per heavy atom. The van der Waals surface area contributed by atoms with Crippen molar-refractivity contribution in [2.45, 2.75) is 81.1 Å². The molecule has 0 saturated carbocycles. The highest BCUT2D eigenvalue weighted by molar-refractivity contribution is 6.47. The van der Waals surface area contributed by atoms with Crippen molar-refractivity contribution in [2.24, 2.45) is 20.1 Å². The molecule has 4 aromatic carbocycles. The zero-order chi connectivity index (χ0) is 32.1. The standard InChI is InChI=1S/C39H45N6/c1-9-29-21-13-17-25(5)33(29)40-37-38(41-34-26(6)18-14-22-30(34)10-2)45(44-36-28(8)20-16-24-32(36)12-4)39(43-37)42-35-27(7)19-15-23-31(35)11-3/h13-24H,9-12H2,1-8H3,(H,40,42,43)/q+1. The maximum atomic E-state index is 5.39. The minimum atomic E-state index is 0.490. The summed E-state index contributed by atoms with van der Waals surface area (Å²) < 4.78 is 1.85. The zero-order valence-corrected chi connectivity index (χ0v) is 28.0. The van der Waals surface area contributed by atoms with Crippen LogP contribution in [0.3, 0.4) is 0 Å². The molecular weight excluding hydrogens is 552 g/mol. The van der Waals surface area contributed by atoms with E-state index in [1.807, 2.05) is 4.70 Å². The number of para-hydroxylation sites is 3. The zero-order valence-electron chi connectivity index (χ0n) is 28.0. The Morgan fingerprint density at radius 2 is 1.00 bits per heavy atom. The van der Waals surface area contributed by atoms with Crippen LogP contribution in [0.2, 0.25) is 0 Å². The molecule has 45 heavy (non-hydrogen) atoms. The Balaban J connectivity index is 1.85. The third-order valence-electron chi connectivity index (χ3n) is 8.53. The van der Waals surface area contributed by atoms with Gasteiger partial charge in [0.2, 0.25) is 0 Å². The number of rotatable bonds is 8. The molecule has 0 fully saturated rings. The number of nitrogens with zero attached hydrogens (tertiary/aromatic N) is 5. The van der Waals surface area contributed by atoms with Crippen molar-refractivity contribution in [3.8, 4) is 0 Å². The average molecular weight is 598 g/mol. The van der Waals surface area contributed by atoms with Crippen LogP contribution in [0.5, 0.6) is 0 Å². The van der Waals surface area contributed by atoms with Gasteiger partial charge in [-0.2, -0.15) is 0 Å². The summed E-state index contributed by atoms with van der Waals surface area (Å²) in [6.07, 6.45) is 3.48. The molecule has 0 aliphatic carbocycles. The molecule has 0 radical (unpaired) electrons. The maximum absolute atomic E-state index is 5.39. The third-order valence-corrected chi connectivity index (χ3v) is 8.53. The maximum Gasteiger partial charge on any atom is 0.411 e. The molecule has 6 heteroatoms. The van der Waals surface area contributed by atoms with E-state index in [2.05, 4.69) is 134 Å². The summed E-state index contributed by atoms with van der Waals surface area (Å²) >= 11 is 0. The van der Waals surface area contributed by atoms with E-state index in [1.165, 1.54) is 16.7 Å². The first-order valence-electron chi connectivity index (χ1n) is 16.2. The van der Waals surface area contributed by atoms with Gasteiger partial charge in [-0.25, -0.2) is 0 Å². The third kappa shape index (κ3) is 6.56. The van der Waals surface area contributed by atoms with Crippen LogP contribution in [0.4, 0.5) is 22.7 Å². The van der Waals surface area contributed by atoms with E-state index in [9.17, 15) is 0 Å². The first kappa shape index (κ1) is 31.7. The molecule has 6 nitrogen and oxygen atoms in total. The smallest absolute Gasteiger partial charge is 0.324 e. The van der Waals surface area contributed by atoms with Crippen molar-refractivity contribution in [3.05, 3.63) is 117 Å². The summed E-state index contributed by atoms with van der Waals surface area (Å²) in [5.74, 6) is 1.74. The molecular formula is C39H45N6+. The quantitative estimate of drug-likeness (QED) is 0.202. The number of nitrogens with one attached hydrogen (secondary N) is 1. The largest absolute Gasteiger partial charge is 0.411 e. The van der Waals surface area contributed by atoms with E-state index < -0.39 is 0 Å². The molecule has 0 aromatic heterocycles. The number of guanidine groups is 1. The fraction of sp³-hybridized carbons (Fsp3) is 0.308. The second kappa shape index (κ2) is 13.9. The van der Waals surface area contributed by atoms with Gasteiger partial charge in [0.15, 0.2) is 0 Å². The van der Waals surface area contributed by atoms with E-state index in [1.54, 1.807) is 0 Å². The number of aliphatic imine (C=N–C) groups is 3. The monoisotopic (exact) mass is 597 g/mol. The fourth-order valence-corrected chi connectivity index (χ4v) is 5.85. The van der Waals surface area contributed by atoms with Crippen molar-refractivity contribution >= 4 is 40.4 Å². The first-order valence-corrected chi connectivity index (χ1v) is 16.2. The molecule has 230 valence electrons. The highest BCUT2D eigenvalue weighted by atomic mass is 15.4. The molecule has 5 rings (SSSR count). The minimum absolute atomic E-state index is 0.490. The Bertz CT molecular complexity index is 1860. The highest BCUT2D eigenvalue weighted by Crippen LogP contribution is 2.32. The average Bonchev–Trinajstić information content (AvgIpc) is 3.35. The lowest BCUT2D eigenvalue weighted by Gasteiger charge is -2.13. The van der Waals surface area contributed by atoms with Gasteiger partial charge in [0.1, 0.15) is 17.1 Å². The summed E-state index contributed by atoms with van der Waals surface area (Å²) in [7, 11) is 0. The number of hydrogen-bond donors (Lipinski definition) is 1. The van der Waals surface area contributed by atoms with Crippen LogP contribution in [0.1, 0.15) is 72.2 Å². The summed E-state index contributed by atoms with van der Waals surface area (Å²) in [5.41, 5.74) is 13.0. The summed E-state index contributed by atoms with van der Waals surface area (Å²) in [6, 6.07) is 25.4. The number of anilines is 1. The predicted molar refractivity (Wildman–Crippen MR) is 190 cm³/mol. The van der Waals surface area contributed by atoms with E-state index in [0.717, 1.165) is 76.3 Å². The van der Waals surface area contributed by atoms with Gasteiger partial charge in [0.25, 0.3) is 5.84 Å². The van der Waals surface area contributed by atoms with Crippen LogP contribution < -0.4 is 5.32 Å². The molecule has 0 atom stereocenters. The second-order valence-corrected chi connectivity index (χ2v) is 11.6. The van der Waals surface area contributed by atoms with Crippen LogP contribution in [0.15, 0.2) is 92.9 Å². The minimum Gasteiger partial charge on any atom is -0.324 e. The van der Waals surface area contributed by atoms with Crippen molar-refractivity contribution in [2.75, 3.05) is 5.32 Å². The summed E-state index contributed by atoms with van der Waals surface area (Å²) in [5, 5.41) is 9.04. The van der Waals surface area contributed by atoms with Crippen molar-refractivity contribution < 1.29 is 4.70 Å². The molecule has 0 amide bonds. The highest BCUT2D eigenvalue weighted by Gasteiger charge is 2.38. The van der Waals surface area contributed by atoms with Gasteiger partial charge in [-0.15, -0.1) is 15.1 Å². The molecule has 1 aliphatic heterocycles. The lowest BCUT2D eigenvalue weighted by Crippen LogP contribution is -2.28. The first-order chi connectivity index (χ1) is 21.8. The Kier molecular flexibility index (Phi) is 9.82. The van der Waals surface area contributed by atoms with Crippen LogP contribution in [0, 0.1) is 27.7 Å². The number of benzene rings is 4. The van der Waals surface area contributed by atoms with E-state index in [0.29, 0.717) is 17.6 Å². The van der Waals surface area contributed by atoms with Gasteiger partial charge < -0.3 is 5.32 Å². The van der Waals surface area contributed by atoms with Crippen molar-refractivity contribution in [1.82, 2.24) is 0 Å². The molecule has 0 unspecified atom stereocenters. The fourth-order valence-electron chi connectivity index (χ4n) is 5.85. The van der Waals surface area contributed by atoms with E-state index in [-0.39, 0.29) is 0 Å². The van der Waals surface area contributed by atoms with Crippen molar-refractivity contribution in [1.29, 1.82) is 0 Å². The Hall–Kier alpha value is -4.71. The number of aryl methyl sites for hydroxylation is 8. The molecule has 0 saturated heterocycles. The number of amidine groups is 2. The molecule has 1 N–H and O–H groups in total. The Labute approximate surface area is 268 Å². The Morgan fingerprint density at radius 3 is 1.53 bits per heavy atom.